The molecule has 8 nitrogen and oxygen atoms in total. The summed E-state index contributed by atoms with van der Waals surface area (Å²) in [5.74, 6) is -0.0272. The van der Waals surface area contributed by atoms with Crippen molar-refractivity contribution in [3.05, 3.63) is 53.6 Å². The van der Waals surface area contributed by atoms with Crippen LogP contribution in [-0.4, -0.2) is 65.7 Å². The predicted molar refractivity (Wildman–Crippen MR) is 131 cm³/mol. The molecule has 1 N–H and O–H groups in total. The van der Waals surface area contributed by atoms with Crippen LogP contribution in [0.5, 0.6) is 5.75 Å². The van der Waals surface area contributed by atoms with Crippen LogP contribution in [0.1, 0.15) is 41.6 Å². The van der Waals surface area contributed by atoms with Crippen molar-refractivity contribution in [1.29, 1.82) is 0 Å². The Morgan fingerprint density at radius 3 is 2.44 bits per heavy atom. The van der Waals surface area contributed by atoms with Gasteiger partial charge in [-0.05, 0) is 48.7 Å². The highest BCUT2D eigenvalue weighted by Crippen LogP contribution is 2.28. The number of sulfonamides is 1. The molecule has 1 aliphatic carbocycles. The standard InChI is InChI=1S/C25H33N3O5S/c1-27(18-19-7-10-22(11-8-19)28-13-15-33-16-14-28)25(29)20-9-12-23(32-2)24(17-20)34(30,31)26-21-5-3-4-6-21/h7-12,17,21,26H,3-6,13-16,18H2,1-2H3. The van der Waals surface area contributed by atoms with Gasteiger partial charge in [-0.2, -0.15) is 0 Å². The molecule has 0 bridgehead atoms. The molecule has 1 aliphatic heterocycles. The minimum absolute atomic E-state index is 0.00369. The summed E-state index contributed by atoms with van der Waals surface area (Å²) in [6, 6.07) is 12.6. The Kier molecular flexibility index (Phi) is 7.75. The number of carbonyl (C=O) groups excluding carboxylic acids is 1. The van der Waals surface area contributed by atoms with E-state index >= 15 is 0 Å². The number of rotatable bonds is 8. The lowest BCUT2D eigenvalue weighted by atomic mass is 10.1. The molecule has 1 heterocycles. The fraction of sp³-hybridized carbons (Fsp3) is 0.480. The zero-order valence-corrected chi connectivity index (χ0v) is 20.6. The Balaban J connectivity index is 1.46. The minimum Gasteiger partial charge on any atom is -0.495 e. The van der Waals surface area contributed by atoms with Gasteiger partial charge >= 0.3 is 0 Å². The molecule has 2 aliphatic rings. The van der Waals surface area contributed by atoms with Gasteiger partial charge in [0.05, 0.1) is 20.3 Å². The largest absolute Gasteiger partial charge is 0.495 e. The molecule has 2 aromatic rings. The van der Waals surface area contributed by atoms with E-state index < -0.39 is 10.0 Å². The number of carbonyl (C=O) groups is 1. The molecule has 184 valence electrons. The third-order valence-corrected chi connectivity index (χ3v) is 8.00. The second-order valence-electron chi connectivity index (χ2n) is 8.90. The topological polar surface area (TPSA) is 88.2 Å². The quantitative estimate of drug-likeness (QED) is 0.616. The number of nitrogens with zero attached hydrogens (tertiary/aromatic N) is 2. The fourth-order valence-corrected chi connectivity index (χ4v) is 6.05. The molecule has 2 aromatic carbocycles. The number of amides is 1. The third-order valence-electron chi connectivity index (χ3n) is 6.46. The zero-order chi connectivity index (χ0) is 24.1. The number of benzene rings is 2. The van der Waals surface area contributed by atoms with E-state index in [2.05, 4.69) is 21.8 Å². The van der Waals surface area contributed by atoms with Crippen molar-refractivity contribution in [2.45, 2.75) is 43.2 Å². The summed E-state index contributed by atoms with van der Waals surface area (Å²) in [6.07, 6.45) is 3.68. The van der Waals surface area contributed by atoms with Gasteiger partial charge in [0.15, 0.2) is 0 Å². The molecule has 1 amide bonds. The van der Waals surface area contributed by atoms with E-state index in [0.717, 1.165) is 63.2 Å². The monoisotopic (exact) mass is 487 g/mol. The van der Waals surface area contributed by atoms with Crippen LogP contribution in [0.2, 0.25) is 0 Å². The van der Waals surface area contributed by atoms with E-state index in [1.807, 2.05) is 12.1 Å². The Labute approximate surface area is 201 Å². The first kappa shape index (κ1) is 24.5. The lowest BCUT2D eigenvalue weighted by Crippen LogP contribution is -2.36. The van der Waals surface area contributed by atoms with Gasteiger partial charge in [0, 0.05) is 44.0 Å². The highest BCUT2D eigenvalue weighted by atomic mass is 32.2. The van der Waals surface area contributed by atoms with Crippen LogP contribution in [0.25, 0.3) is 0 Å². The molecule has 0 spiro atoms. The van der Waals surface area contributed by atoms with E-state index in [4.69, 9.17) is 9.47 Å². The van der Waals surface area contributed by atoms with Gasteiger partial charge < -0.3 is 19.3 Å². The minimum atomic E-state index is -3.80. The third kappa shape index (κ3) is 5.71. The molecular weight excluding hydrogens is 454 g/mol. The van der Waals surface area contributed by atoms with Gasteiger partial charge in [-0.3, -0.25) is 4.79 Å². The van der Waals surface area contributed by atoms with Crippen molar-refractivity contribution in [3.63, 3.8) is 0 Å². The zero-order valence-electron chi connectivity index (χ0n) is 19.8. The number of morpholine rings is 1. The van der Waals surface area contributed by atoms with Crippen LogP contribution < -0.4 is 14.4 Å². The Morgan fingerprint density at radius 2 is 1.79 bits per heavy atom. The first-order valence-corrected chi connectivity index (χ1v) is 13.2. The van der Waals surface area contributed by atoms with Crippen LogP contribution in [0.4, 0.5) is 5.69 Å². The molecule has 0 radical (unpaired) electrons. The second-order valence-corrected chi connectivity index (χ2v) is 10.6. The molecular formula is C25H33N3O5S. The summed E-state index contributed by atoms with van der Waals surface area (Å²) in [5.41, 5.74) is 2.44. The van der Waals surface area contributed by atoms with Gasteiger partial charge in [0.1, 0.15) is 10.6 Å². The molecule has 4 rings (SSSR count). The first-order chi connectivity index (χ1) is 16.4. The predicted octanol–water partition coefficient (Wildman–Crippen LogP) is 3.02. The van der Waals surface area contributed by atoms with E-state index in [1.165, 1.54) is 13.2 Å². The summed E-state index contributed by atoms with van der Waals surface area (Å²) in [6.45, 7) is 3.62. The number of hydrogen-bond donors (Lipinski definition) is 1. The average molecular weight is 488 g/mol. The summed E-state index contributed by atoms with van der Waals surface area (Å²) in [5, 5.41) is 0. The summed E-state index contributed by atoms with van der Waals surface area (Å²) >= 11 is 0. The maximum Gasteiger partial charge on any atom is 0.253 e. The number of hydrogen-bond acceptors (Lipinski definition) is 6. The lowest BCUT2D eigenvalue weighted by Gasteiger charge is -2.29. The number of methoxy groups -OCH3 is 1. The molecule has 34 heavy (non-hydrogen) atoms. The average Bonchev–Trinajstić information content (AvgIpc) is 3.36. The number of nitrogens with one attached hydrogen (secondary N) is 1. The number of ether oxygens (including phenoxy) is 2. The van der Waals surface area contributed by atoms with Gasteiger partial charge in [0.25, 0.3) is 5.91 Å². The van der Waals surface area contributed by atoms with Crippen molar-refractivity contribution in [2.75, 3.05) is 45.4 Å². The SMILES string of the molecule is COc1ccc(C(=O)N(C)Cc2ccc(N3CCOCC3)cc2)cc1S(=O)(=O)NC1CCCC1. The Bertz CT molecular complexity index is 1090. The maximum absolute atomic E-state index is 13.1. The van der Waals surface area contributed by atoms with Crippen LogP contribution >= 0.6 is 0 Å². The van der Waals surface area contributed by atoms with E-state index in [1.54, 1.807) is 24.1 Å². The van der Waals surface area contributed by atoms with E-state index in [9.17, 15) is 13.2 Å². The number of anilines is 1. The van der Waals surface area contributed by atoms with Crippen LogP contribution in [0.15, 0.2) is 47.4 Å². The molecule has 1 saturated heterocycles. The first-order valence-electron chi connectivity index (χ1n) is 11.7. The van der Waals surface area contributed by atoms with Crippen molar-refractivity contribution < 1.29 is 22.7 Å². The highest BCUT2D eigenvalue weighted by Gasteiger charge is 2.27. The van der Waals surface area contributed by atoms with Crippen molar-refractivity contribution in [2.24, 2.45) is 0 Å². The van der Waals surface area contributed by atoms with Crippen LogP contribution in [0, 0.1) is 0 Å². The second kappa shape index (κ2) is 10.8. The van der Waals surface area contributed by atoms with Gasteiger partial charge in [-0.1, -0.05) is 25.0 Å². The maximum atomic E-state index is 13.1. The van der Waals surface area contributed by atoms with E-state index in [-0.39, 0.29) is 22.6 Å². The summed E-state index contributed by atoms with van der Waals surface area (Å²) in [7, 11) is -0.658. The smallest absolute Gasteiger partial charge is 0.253 e. The van der Waals surface area contributed by atoms with Gasteiger partial charge in [0.2, 0.25) is 10.0 Å². The van der Waals surface area contributed by atoms with Crippen molar-refractivity contribution in [1.82, 2.24) is 9.62 Å². The van der Waals surface area contributed by atoms with Crippen LogP contribution in [-0.2, 0) is 21.3 Å². The molecule has 0 unspecified atom stereocenters. The fourth-order valence-electron chi connectivity index (χ4n) is 4.55. The van der Waals surface area contributed by atoms with Crippen molar-refractivity contribution >= 4 is 21.6 Å². The van der Waals surface area contributed by atoms with Crippen molar-refractivity contribution in [3.8, 4) is 5.75 Å². The van der Waals surface area contributed by atoms with Gasteiger partial charge in [-0.25, -0.2) is 13.1 Å². The molecule has 0 atom stereocenters. The van der Waals surface area contributed by atoms with E-state index in [0.29, 0.717) is 12.1 Å². The molecule has 9 heteroatoms. The Hall–Kier alpha value is -2.62. The normalized spacial score (nSPS) is 17.1. The molecule has 1 saturated carbocycles. The Morgan fingerprint density at radius 1 is 1.12 bits per heavy atom. The van der Waals surface area contributed by atoms with Crippen LogP contribution in [0.3, 0.4) is 0 Å². The highest BCUT2D eigenvalue weighted by molar-refractivity contribution is 7.89. The summed E-state index contributed by atoms with van der Waals surface area (Å²) in [4.78, 5) is 17.0. The lowest BCUT2D eigenvalue weighted by molar-refractivity contribution is 0.0784. The molecule has 0 aromatic heterocycles. The summed E-state index contributed by atoms with van der Waals surface area (Å²) < 4.78 is 39.5. The van der Waals surface area contributed by atoms with Gasteiger partial charge in [-0.15, -0.1) is 0 Å². The molecule has 2 fully saturated rings.